The maximum Gasteiger partial charge on any atom is 0.309 e. The highest BCUT2D eigenvalue weighted by Gasteiger charge is 2.44. The fraction of sp³-hybridized carbons (Fsp3) is 0.839. The molecule has 0 saturated heterocycles. The van der Waals surface area contributed by atoms with Crippen LogP contribution in [-0.4, -0.2) is 62.8 Å². The van der Waals surface area contributed by atoms with E-state index in [4.69, 9.17) is 0 Å². The van der Waals surface area contributed by atoms with Crippen molar-refractivity contribution in [1.29, 1.82) is 0 Å². The first kappa shape index (κ1) is 32.8. The van der Waals surface area contributed by atoms with Crippen LogP contribution in [0.4, 0.5) is 0 Å². The van der Waals surface area contributed by atoms with Crippen LogP contribution in [0.5, 0.6) is 0 Å². The van der Waals surface area contributed by atoms with E-state index in [1.54, 1.807) is 0 Å². The predicted molar refractivity (Wildman–Crippen MR) is 153 cm³/mol. The highest BCUT2D eigenvalue weighted by atomic mass is 16.4. The minimum Gasteiger partial charge on any atom is -0.481 e. The molecule has 0 radical (unpaired) electrons. The van der Waals surface area contributed by atoms with E-state index in [9.17, 15) is 25.2 Å². The lowest BCUT2D eigenvalue weighted by molar-refractivity contribution is -0.147. The van der Waals surface area contributed by atoms with E-state index >= 15 is 0 Å². The molecule has 0 amide bonds. The number of aliphatic hydroxyl groups is 3. The molecule has 1 aliphatic carbocycles. The van der Waals surface area contributed by atoms with Gasteiger partial charge in [-0.05, 0) is 76.0 Å². The Kier molecular flexibility index (Phi) is 15.6. The monoisotopic (exact) mass is 536 g/mol. The van der Waals surface area contributed by atoms with Crippen molar-refractivity contribution in [3.63, 3.8) is 0 Å². The smallest absolute Gasteiger partial charge is 0.309 e. The predicted octanol–water partition coefficient (Wildman–Crippen LogP) is 5.44. The van der Waals surface area contributed by atoms with E-state index in [1.165, 1.54) is 31.2 Å². The molecule has 1 fully saturated rings. The van der Waals surface area contributed by atoms with Gasteiger partial charge in [-0.15, -0.1) is 0 Å². The first-order chi connectivity index (χ1) is 18.3. The zero-order valence-corrected chi connectivity index (χ0v) is 24.0. The number of nitrogens with one attached hydrogen (secondary N) is 2. The van der Waals surface area contributed by atoms with Crippen molar-refractivity contribution >= 4 is 5.97 Å². The quantitative estimate of drug-likeness (QED) is 0.110. The van der Waals surface area contributed by atoms with Gasteiger partial charge in [0.25, 0.3) is 0 Å². The summed E-state index contributed by atoms with van der Waals surface area (Å²) in [6.07, 6.45) is 18.0. The summed E-state index contributed by atoms with van der Waals surface area (Å²) in [5, 5.41) is 45.7. The van der Waals surface area contributed by atoms with Crippen LogP contribution in [0.15, 0.2) is 18.5 Å². The number of carboxylic acids is 1. The van der Waals surface area contributed by atoms with E-state index in [1.807, 2.05) is 19.4 Å². The third kappa shape index (κ3) is 11.8. The number of aromatic nitrogens is 1. The van der Waals surface area contributed by atoms with Crippen molar-refractivity contribution in [2.45, 2.75) is 134 Å². The first-order valence-corrected chi connectivity index (χ1v) is 15.4. The Morgan fingerprint density at radius 1 is 1.08 bits per heavy atom. The molecule has 6 atom stereocenters. The molecular formula is C31H56N2O5. The summed E-state index contributed by atoms with van der Waals surface area (Å²) in [6.45, 7) is 2.76. The van der Waals surface area contributed by atoms with Gasteiger partial charge in [0.1, 0.15) is 0 Å². The molecule has 1 aliphatic rings. The molecular weight excluding hydrogens is 480 g/mol. The number of rotatable bonds is 22. The SMILES string of the molecule is CCCCCCC[C@H](O)CCCCCC[C@H](C(=O)O)[C@H](O)C[C@@H](CNC)[C@]1(O)CC[C@@H](Cc2cc[nH]c2)C1. The van der Waals surface area contributed by atoms with Gasteiger partial charge in [0.05, 0.1) is 23.7 Å². The lowest BCUT2D eigenvalue weighted by Gasteiger charge is -2.35. The molecule has 7 nitrogen and oxygen atoms in total. The highest BCUT2D eigenvalue weighted by Crippen LogP contribution is 2.43. The fourth-order valence-electron chi connectivity index (χ4n) is 6.42. The van der Waals surface area contributed by atoms with Crippen molar-refractivity contribution in [3.8, 4) is 0 Å². The second-order valence-electron chi connectivity index (χ2n) is 12.0. The Bertz CT molecular complexity index is 743. The van der Waals surface area contributed by atoms with Gasteiger partial charge in [0.2, 0.25) is 0 Å². The van der Waals surface area contributed by atoms with Gasteiger partial charge >= 0.3 is 5.97 Å². The van der Waals surface area contributed by atoms with Crippen molar-refractivity contribution in [1.82, 2.24) is 10.3 Å². The Labute approximate surface area is 230 Å². The number of hydrogen-bond acceptors (Lipinski definition) is 5. The largest absolute Gasteiger partial charge is 0.481 e. The molecule has 0 aromatic carbocycles. The average Bonchev–Trinajstić information content (AvgIpc) is 3.53. The molecule has 1 heterocycles. The van der Waals surface area contributed by atoms with E-state index in [-0.39, 0.29) is 18.4 Å². The first-order valence-electron chi connectivity index (χ1n) is 15.4. The lowest BCUT2D eigenvalue weighted by atomic mass is 9.78. The lowest BCUT2D eigenvalue weighted by Crippen LogP contribution is -2.44. The summed E-state index contributed by atoms with van der Waals surface area (Å²) in [6, 6.07) is 2.07. The Hall–Kier alpha value is -1.41. The van der Waals surface area contributed by atoms with Gasteiger partial charge in [-0.3, -0.25) is 4.79 Å². The van der Waals surface area contributed by atoms with Crippen LogP contribution in [-0.2, 0) is 11.2 Å². The molecule has 0 bridgehead atoms. The molecule has 1 aromatic heterocycles. The minimum atomic E-state index is -0.979. The third-order valence-corrected chi connectivity index (χ3v) is 8.78. The molecule has 6 N–H and O–H groups in total. The normalized spacial score (nSPS) is 22.8. The average molecular weight is 537 g/mol. The summed E-state index contributed by atoms with van der Waals surface area (Å²) >= 11 is 0. The van der Waals surface area contributed by atoms with Crippen molar-refractivity contribution < 1.29 is 25.2 Å². The molecule has 7 heteroatoms. The minimum absolute atomic E-state index is 0.191. The van der Waals surface area contributed by atoms with E-state index in [2.05, 4.69) is 23.3 Å². The van der Waals surface area contributed by atoms with E-state index < -0.39 is 23.6 Å². The van der Waals surface area contributed by atoms with Gasteiger partial charge in [-0.2, -0.15) is 0 Å². The number of carboxylic acid groups (broad SMARTS) is 1. The zero-order chi connectivity index (χ0) is 27.8. The fourth-order valence-corrected chi connectivity index (χ4v) is 6.42. The number of unbranched alkanes of at least 4 members (excludes halogenated alkanes) is 7. The van der Waals surface area contributed by atoms with Gasteiger partial charge in [0, 0.05) is 24.9 Å². The number of aromatic amines is 1. The molecule has 1 aromatic rings. The Balaban J connectivity index is 1.73. The van der Waals surface area contributed by atoms with Gasteiger partial charge < -0.3 is 30.7 Å². The van der Waals surface area contributed by atoms with Crippen LogP contribution in [0.3, 0.4) is 0 Å². The van der Waals surface area contributed by atoms with Gasteiger partial charge in [-0.1, -0.05) is 64.7 Å². The molecule has 38 heavy (non-hydrogen) atoms. The number of carbonyl (C=O) groups is 1. The number of H-pyrrole nitrogens is 1. The summed E-state index contributed by atoms with van der Waals surface area (Å²) in [5.74, 6) is -1.57. The van der Waals surface area contributed by atoms with Crippen LogP contribution in [0, 0.1) is 17.8 Å². The van der Waals surface area contributed by atoms with Crippen molar-refractivity contribution in [2.24, 2.45) is 17.8 Å². The Morgan fingerprint density at radius 2 is 1.74 bits per heavy atom. The molecule has 0 spiro atoms. The zero-order valence-electron chi connectivity index (χ0n) is 24.0. The number of aliphatic hydroxyl groups excluding tert-OH is 2. The standard InChI is InChI=1S/C31H56N2O5/c1-3-4-5-6-9-12-27(34)13-10-7-8-11-14-28(30(36)37)29(35)20-26(23-32-2)31(38)17-15-24(21-31)19-25-16-18-33-22-25/h16,18,22,24,26-29,32-35,38H,3-15,17,19-21,23H2,1-2H3,(H,36,37)/t24-,26-,27-,28-,29+,31-/m0/s1. The van der Waals surface area contributed by atoms with Gasteiger partial charge in [0.15, 0.2) is 0 Å². The third-order valence-electron chi connectivity index (χ3n) is 8.78. The van der Waals surface area contributed by atoms with E-state index in [0.29, 0.717) is 31.7 Å². The van der Waals surface area contributed by atoms with Crippen molar-refractivity contribution in [2.75, 3.05) is 13.6 Å². The maximum atomic E-state index is 12.0. The van der Waals surface area contributed by atoms with Crippen LogP contribution < -0.4 is 5.32 Å². The number of aliphatic carboxylic acids is 1. The van der Waals surface area contributed by atoms with Crippen LogP contribution >= 0.6 is 0 Å². The summed E-state index contributed by atoms with van der Waals surface area (Å²) < 4.78 is 0. The maximum absolute atomic E-state index is 12.0. The van der Waals surface area contributed by atoms with E-state index in [0.717, 1.165) is 57.8 Å². The summed E-state index contributed by atoms with van der Waals surface area (Å²) in [5.41, 5.74) is 0.359. The van der Waals surface area contributed by atoms with Crippen molar-refractivity contribution in [3.05, 3.63) is 24.0 Å². The van der Waals surface area contributed by atoms with Crippen LogP contribution in [0.25, 0.3) is 0 Å². The second-order valence-corrected chi connectivity index (χ2v) is 12.0. The number of hydrogen-bond donors (Lipinski definition) is 6. The molecule has 0 unspecified atom stereocenters. The summed E-state index contributed by atoms with van der Waals surface area (Å²) in [4.78, 5) is 15.1. The summed E-state index contributed by atoms with van der Waals surface area (Å²) in [7, 11) is 1.84. The Morgan fingerprint density at radius 3 is 2.32 bits per heavy atom. The van der Waals surface area contributed by atoms with Crippen LogP contribution in [0.2, 0.25) is 0 Å². The van der Waals surface area contributed by atoms with Crippen LogP contribution in [0.1, 0.15) is 115 Å². The highest BCUT2D eigenvalue weighted by molar-refractivity contribution is 5.70. The molecule has 0 aliphatic heterocycles. The molecule has 1 saturated carbocycles. The molecule has 220 valence electrons. The topological polar surface area (TPSA) is 126 Å². The molecule has 2 rings (SSSR count). The van der Waals surface area contributed by atoms with Gasteiger partial charge in [-0.25, -0.2) is 0 Å². The second kappa shape index (κ2) is 18.0.